The Kier molecular flexibility index (Phi) is 7.44. The van der Waals surface area contributed by atoms with Gasteiger partial charge in [0.25, 0.3) is 11.8 Å². The standard InChI is InChI=1S/C25H27N3O4/c1-16(18-10-5-7-14-22(18)31-3)26-24(29)20-12-9-13-21(28-20)25(30)27-17(2)19-11-6-8-15-23(19)32-4/h5-17H,1-4H3,(H,26,29)(H,27,30). The summed E-state index contributed by atoms with van der Waals surface area (Å²) in [4.78, 5) is 29.8. The highest BCUT2D eigenvalue weighted by molar-refractivity contribution is 5.96. The molecule has 166 valence electrons. The Morgan fingerprint density at radius 3 is 1.50 bits per heavy atom. The molecule has 0 saturated heterocycles. The first kappa shape index (κ1) is 22.8. The summed E-state index contributed by atoms with van der Waals surface area (Å²) in [5, 5.41) is 5.81. The lowest BCUT2D eigenvalue weighted by Gasteiger charge is -2.18. The molecule has 7 heteroatoms. The van der Waals surface area contributed by atoms with E-state index in [2.05, 4.69) is 15.6 Å². The van der Waals surface area contributed by atoms with E-state index in [1.54, 1.807) is 32.4 Å². The quantitative estimate of drug-likeness (QED) is 0.559. The summed E-state index contributed by atoms with van der Waals surface area (Å²) in [6.07, 6.45) is 0. The molecule has 1 heterocycles. The van der Waals surface area contributed by atoms with E-state index in [1.165, 1.54) is 0 Å². The van der Waals surface area contributed by atoms with Gasteiger partial charge in [0.05, 0.1) is 26.3 Å². The number of nitrogens with one attached hydrogen (secondary N) is 2. The van der Waals surface area contributed by atoms with Crippen LogP contribution in [0.4, 0.5) is 0 Å². The molecule has 2 atom stereocenters. The number of ether oxygens (including phenoxy) is 2. The SMILES string of the molecule is COc1ccccc1C(C)NC(=O)c1cccc(C(=O)NC(C)c2ccccc2OC)n1. The molecule has 3 aromatic rings. The van der Waals surface area contributed by atoms with Crippen LogP contribution in [0.5, 0.6) is 11.5 Å². The van der Waals surface area contributed by atoms with Gasteiger partial charge in [-0.05, 0) is 38.1 Å². The Balaban J connectivity index is 1.71. The number of aromatic nitrogens is 1. The van der Waals surface area contributed by atoms with Crippen molar-refractivity contribution in [1.82, 2.24) is 15.6 Å². The summed E-state index contributed by atoms with van der Waals surface area (Å²) >= 11 is 0. The van der Waals surface area contributed by atoms with Crippen molar-refractivity contribution in [3.05, 3.63) is 89.2 Å². The number of pyridine rings is 1. The van der Waals surface area contributed by atoms with E-state index in [1.807, 2.05) is 62.4 Å². The van der Waals surface area contributed by atoms with Crippen molar-refractivity contribution in [2.24, 2.45) is 0 Å². The second-order valence-electron chi connectivity index (χ2n) is 7.28. The van der Waals surface area contributed by atoms with Crippen molar-refractivity contribution in [1.29, 1.82) is 0 Å². The largest absolute Gasteiger partial charge is 0.496 e. The Morgan fingerprint density at radius 1 is 0.688 bits per heavy atom. The number of carbonyl (C=O) groups is 2. The number of hydrogen-bond acceptors (Lipinski definition) is 5. The first-order valence-electron chi connectivity index (χ1n) is 10.3. The van der Waals surface area contributed by atoms with Crippen LogP contribution >= 0.6 is 0 Å². The fraction of sp³-hybridized carbons (Fsp3) is 0.240. The maximum atomic E-state index is 12.8. The molecule has 3 rings (SSSR count). The van der Waals surface area contributed by atoms with Crippen LogP contribution in [0.3, 0.4) is 0 Å². The minimum Gasteiger partial charge on any atom is -0.496 e. The number of rotatable bonds is 8. The van der Waals surface area contributed by atoms with Crippen LogP contribution in [0.1, 0.15) is 58.0 Å². The molecule has 0 radical (unpaired) electrons. The molecule has 0 fully saturated rings. The molecule has 0 bridgehead atoms. The third-order valence-corrected chi connectivity index (χ3v) is 5.12. The van der Waals surface area contributed by atoms with Crippen molar-refractivity contribution < 1.29 is 19.1 Å². The highest BCUT2D eigenvalue weighted by Gasteiger charge is 2.19. The number of nitrogens with zero attached hydrogens (tertiary/aromatic N) is 1. The van der Waals surface area contributed by atoms with Gasteiger partial charge in [-0.2, -0.15) is 0 Å². The maximum Gasteiger partial charge on any atom is 0.270 e. The average Bonchev–Trinajstić information content (AvgIpc) is 2.83. The summed E-state index contributed by atoms with van der Waals surface area (Å²) in [5.74, 6) is 0.616. The molecule has 32 heavy (non-hydrogen) atoms. The Morgan fingerprint density at radius 2 is 1.09 bits per heavy atom. The van der Waals surface area contributed by atoms with E-state index in [-0.39, 0.29) is 35.3 Å². The van der Waals surface area contributed by atoms with Crippen molar-refractivity contribution in [3.63, 3.8) is 0 Å². The van der Waals surface area contributed by atoms with E-state index in [9.17, 15) is 9.59 Å². The number of methoxy groups -OCH3 is 2. The van der Waals surface area contributed by atoms with Crippen LogP contribution in [0, 0.1) is 0 Å². The first-order valence-corrected chi connectivity index (χ1v) is 10.3. The lowest BCUT2D eigenvalue weighted by molar-refractivity contribution is 0.0930. The fourth-order valence-electron chi connectivity index (χ4n) is 3.43. The van der Waals surface area contributed by atoms with Crippen molar-refractivity contribution in [3.8, 4) is 11.5 Å². The zero-order chi connectivity index (χ0) is 23.1. The summed E-state index contributed by atoms with van der Waals surface area (Å²) in [7, 11) is 3.17. The fourth-order valence-corrected chi connectivity index (χ4v) is 3.43. The molecule has 7 nitrogen and oxygen atoms in total. The molecule has 2 amide bonds. The first-order chi connectivity index (χ1) is 15.4. The molecule has 0 aliphatic carbocycles. The summed E-state index contributed by atoms with van der Waals surface area (Å²) < 4.78 is 10.7. The van der Waals surface area contributed by atoms with Crippen LogP contribution in [-0.2, 0) is 0 Å². The second kappa shape index (κ2) is 10.4. The summed E-state index contributed by atoms with van der Waals surface area (Å²) in [5.41, 5.74) is 2.01. The van der Waals surface area contributed by atoms with Crippen LogP contribution in [0.25, 0.3) is 0 Å². The van der Waals surface area contributed by atoms with E-state index in [4.69, 9.17) is 9.47 Å². The molecule has 0 aliphatic rings. The van der Waals surface area contributed by atoms with Crippen LogP contribution in [0.15, 0.2) is 66.7 Å². The van der Waals surface area contributed by atoms with E-state index in [0.717, 1.165) is 11.1 Å². The Hall–Kier alpha value is -3.87. The molecular formula is C25H27N3O4. The molecule has 1 aromatic heterocycles. The van der Waals surface area contributed by atoms with Crippen molar-refractivity contribution in [2.45, 2.75) is 25.9 Å². The molecule has 0 aliphatic heterocycles. The predicted octanol–water partition coefficient (Wildman–Crippen LogP) is 4.08. The zero-order valence-corrected chi connectivity index (χ0v) is 18.6. The third kappa shape index (κ3) is 5.24. The number of amides is 2. The van der Waals surface area contributed by atoms with Gasteiger partial charge < -0.3 is 20.1 Å². The second-order valence-corrected chi connectivity index (χ2v) is 7.28. The van der Waals surface area contributed by atoms with Gasteiger partial charge in [-0.3, -0.25) is 9.59 Å². The molecule has 0 spiro atoms. The number of hydrogen-bond donors (Lipinski definition) is 2. The number of benzene rings is 2. The Labute approximate surface area is 187 Å². The predicted molar refractivity (Wildman–Crippen MR) is 122 cm³/mol. The smallest absolute Gasteiger partial charge is 0.270 e. The van der Waals surface area contributed by atoms with Gasteiger partial charge in [0, 0.05) is 11.1 Å². The lowest BCUT2D eigenvalue weighted by atomic mass is 10.1. The van der Waals surface area contributed by atoms with Crippen molar-refractivity contribution >= 4 is 11.8 Å². The average molecular weight is 434 g/mol. The minimum absolute atomic E-state index is 0.157. The lowest BCUT2D eigenvalue weighted by Crippen LogP contribution is -2.30. The maximum absolute atomic E-state index is 12.8. The number of carbonyl (C=O) groups excluding carboxylic acids is 2. The monoisotopic (exact) mass is 433 g/mol. The molecule has 0 saturated carbocycles. The molecule has 2 aromatic carbocycles. The molecular weight excluding hydrogens is 406 g/mol. The summed E-state index contributed by atoms with van der Waals surface area (Å²) in [6, 6.07) is 19.1. The van der Waals surface area contributed by atoms with E-state index < -0.39 is 0 Å². The highest BCUT2D eigenvalue weighted by atomic mass is 16.5. The topological polar surface area (TPSA) is 89.5 Å². The number of para-hydroxylation sites is 2. The van der Waals surface area contributed by atoms with Crippen LogP contribution < -0.4 is 20.1 Å². The van der Waals surface area contributed by atoms with Crippen LogP contribution in [-0.4, -0.2) is 31.0 Å². The van der Waals surface area contributed by atoms with Gasteiger partial charge in [0.15, 0.2) is 0 Å². The third-order valence-electron chi connectivity index (χ3n) is 5.12. The highest BCUT2D eigenvalue weighted by Crippen LogP contribution is 2.25. The van der Waals surface area contributed by atoms with E-state index >= 15 is 0 Å². The van der Waals surface area contributed by atoms with Gasteiger partial charge in [-0.1, -0.05) is 42.5 Å². The van der Waals surface area contributed by atoms with Gasteiger partial charge in [0.2, 0.25) is 0 Å². The molecule has 2 N–H and O–H groups in total. The minimum atomic E-state index is -0.379. The van der Waals surface area contributed by atoms with E-state index in [0.29, 0.717) is 11.5 Å². The Bertz CT molecular complexity index is 1020. The van der Waals surface area contributed by atoms with Crippen molar-refractivity contribution in [2.75, 3.05) is 14.2 Å². The van der Waals surface area contributed by atoms with Crippen LogP contribution in [0.2, 0.25) is 0 Å². The van der Waals surface area contributed by atoms with Gasteiger partial charge in [-0.15, -0.1) is 0 Å². The summed E-state index contributed by atoms with van der Waals surface area (Å²) in [6.45, 7) is 3.72. The normalized spacial score (nSPS) is 12.4. The van der Waals surface area contributed by atoms with Gasteiger partial charge >= 0.3 is 0 Å². The van der Waals surface area contributed by atoms with Gasteiger partial charge in [0.1, 0.15) is 22.9 Å². The zero-order valence-electron chi connectivity index (χ0n) is 18.6. The van der Waals surface area contributed by atoms with Gasteiger partial charge in [-0.25, -0.2) is 4.98 Å². The molecule has 2 unspecified atom stereocenters.